The summed E-state index contributed by atoms with van der Waals surface area (Å²) in [5.74, 6) is -1.09. The fourth-order valence-electron chi connectivity index (χ4n) is 5.12. The average Bonchev–Trinajstić information content (AvgIpc) is 2.71. The van der Waals surface area contributed by atoms with Crippen LogP contribution < -0.4 is 0 Å². The maximum absolute atomic E-state index is 13.5. The van der Waals surface area contributed by atoms with E-state index >= 15 is 0 Å². The van der Waals surface area contributed by atoms with Gasteiger partial charge in [0, 0.05) is 0 Å². The molecule has 0 nitrogen and oxygen atoms in total. The summed E-state index contributed by atoms with van der Waals surface area (Å²) in [6, 6.07) is 2.36. The third kappa shape index (κ3) is 5.87. The molecule has 2 aliphatic carbocycles. The van der Waals surface area contributed by atoms with E-state index in [9.17, 15) is 13.2 Å². The van der Waals surface area contributed by atoms with Crippen LogP contribution in [0.5, 0.6) is 0 Å². The van der Waals surface area contributed by atoms with E-state index in [2.05, 4.69) is 19.1 Å². The van der Waals surface area contributed by atoms with E-state index in [4.69, 9.17) is 0 Å². The fraction of sp³-hybridized carbons (Fsp3) is 0.680. The van der Waals surface area contributed by atoms with E-state index in [0.29, 0.717) is 11.5 Å². The second-order valence-electron chi connectivity index (χ2n) is 9.07. The second-order valence-corrected chi connectivity index (χ2v) is 9.07. The lowest BCUT2D eigenvalue weighted by molar-refractivity contribution is 0.288. The van der Waals surface area contributed by atoms with Crippen molar-refractivity contribution in [2.24, 2.45) is 17.8 Å². The van der Waals surface area contributed by atoms with Gasteiger partial charge in [-0.15, -0.1) is 0 Å². The first-order valence-corrected chi connectivity index (χ1v) is 11.4. The highest BCUT2D eigenvalue weighted by Gasteiger charge is 2.24. The van der Waals surface area contributed by atoms with Crippen molar-refractivity contribution >= 4 is 0 Å². The van der Waals surface area contributed by atoms with Gasteiger partial charge in [0.25, 0.3) is 0 Å². The van der Waals surface area contributed by atoms with Crippen LogP contribution in [0.3, 0.4) is 0 Å². The van der Waals surface area contributed by atoms with Gasteiger partial charge in [0.1, 0.15) is 0 Å². The maximum Gasteiger partial charge on any atom is 0.194 e. The van der Waals surface area contributed by atoms with Crippen LogP contribution in [0.2, 0.25) is 0 Å². The van der Waals surface area contributed by atoms with Gasteiger partial charge in [-0.25, -0.2) is 13.2 Å². The second kappa shape index (κ2) is 10.5. The summed E-state index contributed by atoms with van der Waals surface area (Å²) in [4.78, 5) is 0. The van der Waals surface area contributed by atoms with Gasteiger partial charge in [-0.05, 0) is 92.7 Å². The minimum atomic E-state index is -1.36. The number of unbranched alkanes of at least 4 members (excludes halogenated alkanes) is 2. The number of hydrogen-bond donors (Lipinski definition) is 0. The van der Waals surface area contributed by atoms with E-state index in [1.54, 1.807) is 0 Å². The molecule has 0 spiro atoms. The molecule has 0 amide bonds. The molecule has 2 aliphatic rings. The Morgan fingerprint density at radius 1 is 0.786 bits per heavy atom. The maximum atomic E-state index is 13.5. The average molecular weight is 393 g/mol. The molecule has 0 aromatic heterocycles. The summed E-state index contributed by atoms with van der Waals surface area (Å²) in [6.45, 7) is 2.27. The Balaban J connectivity index is 1.41. The Morgan fingerprint density at radius 3 is 1.86 bits per heavy atom. The zero-order chi connectivity index (χ0) is 19.9. The quantitative estimate of drug-likeness (QED) is 0.248. The molecule has 0 radical (unpaired) electrons. The highest BCUT2D eigenvalue weighted by Crippen LogP contribution is 2.38. The molecule has 3 rings (SSSR count). The number of benzene rings is 1. The topological polar surface area (TPSA) is 0 Å². The van der Waals surface area contributed by atoms with Crippen molar-refractivity contribution in [3.8, 4) is 0 Å². The van der Waals surface area contributed by atoms with Gasteiger partial charge in [0.05, 0.1) is 0 Å². The molecule has 0 N–H and O–H groups in total. The molecule has 1 aromatic rings. The van der Waals surface area contributed by atoms with E-state index in [-0.39, 0.29) is 5.92 Å². The molecular weight excluding hydrogens is 357 g/mol. The van der Waals surface area contributed by atoms with Crippen molar-refractivity contribution in [1.29, 1.82) is 0 Å². The first-order valence-electron chi connectivity index (χ1n) is 11.4. The van der Waals surface area contributed by atoms with Crippen LogP contribution in [-0.2, 0) is 0 Å². The molecule has 2 saturated carbocycles. The lowest BCUT2D eigenvalue weighted by Crippen LogP contribution is -2.15. The molecule has 0 saturated heterocycles. The van der Waals surface area contributed by atoms with Gasteiger partial charge in [-0.2, -0.15) is 0 Å². The van der Waals surface area contributed by atoms with Crippen LogP contribution in [0, 0.1) is 35.2 Å². The molecule has 28 heavy (non-hydrogen) atoms. The van der Waals surface area contributed by atoms with Crippen molar-refractivity contribution in [2.75, 3.05) is 0 Å². The Labute approximate surface area is 168 Å². The van der Waals surface area contributed by atoms with Gasteiger partial charge in [0.2, 0.25) is 0 Å². The third-order valence-corrected chi connectivity index (χ3v) is 7.01. The molecular formula is C25H35F3. The molecule has 2 fully saturated rings. The van der Waals surface area contributed by atoms with Crippen molar-refractivity contribution in [3.63, 3.8) is 0 Å². The van der Waals surface area contributed by atoms with Crippen molar-refractivity contribution in [2.45, 2.75) is 89.9 Å². The van der Waals surface area contributed by atoms with E-state index in [1.165, 1.54) is 63.5 Å². The fourth-order valence-corrected chi connectivity index (χ4v) is 5.12. The summed E-state index contributed by atoms with van der Waals surface area (Å²) >= 11 is 0. The SMILES string of the molecule is CCCCC[C@H]1CC[C@H](C=C[C@H]2CC[C@H](c3cc(F)c(F)c(F)c3)CC2)CC1. The molecule has 0 unspecified atom stereocenters. The summed E-state index contributed by atoms with van der Waals surface area (Å²) < 4.78 is 40.1. The Hall–Kier alpha value is -1.25. The largest absolute Gasteiger partial charge is 0.204 e. The highest BCUT2D eigenvalue weighted by atomic mass is 19.2. The smallest absolute Gasteiger partial charge is 0.194 e. The predicted molar refractivity (Wildman–Crippen MR) is 110 cm³/mol. The van der Waals surface area contributed by atoms with Gasteiger partial charge in [0.15, 0.2) is 17.5 Å². The van der Waals surface area contributed by atoms with Crippen LogP contribution in [-0.4, -0.2) is 0 Å². The molecule has 1 aromatic carbocycles. The van der Waals surface area contributed by atoms with Crippen LogP contribution in [0.15, 0.2) is 24.3 Å². The number of halogens is 3. The number of hydrogen-bond acceptors (Lipinski definition) is 0. The minimum Gasteiger partial charge on any atom is -0.204 e. The van der Waals surface area contributed by atoms with Crippen LogP contribution >= 0.6 is 0 Å². The summed E-state index contributed by atoms with van der Waals surface area (Å²) in [7, 11) is 0. The first kappa shape index (κ1) is 21.5. The van der Waals surface area contributed by atoms with Crippen LogP contribution in [0.1, 0.15) is 95.5 Å². The Kier molecular flexibility index (Phi) is 8.05. The minimum absolute atomic E-state index is 0.146. The summed E-state index contributed by atoms with van der Waals surface area (Å²) in [5, 5.41) is 0. The lowest BCUT2D eigenvalue weighted by Gasteiger charge is -2.29. The highest BCUT2D eigenvalue weighted by molar-refractivity contribution is 5.23. The van der Waals surface area contributed by atoms with E-state index in [0.717, 1.165) is 37.5 Å². The monoisotopic (exact) mass is 392 g/mol. The van der Waals surface area contributed by atoms with Gasteiger partial charge in [-0.3, -0.25) is 0 Å². The summed E-state index contributed by atoms with van der Waals surface area (Å²) in [5.41, 5.74) is 0.611. The third-order valence-electron chi connectivity index (χ3n) is 7.01. The summed E-state index contributed by atoms with van der Waals surface area (Å²) in [6.07, 6.45) is 19.7. The molecule has 156 valence electrons. The molecule has 3 heteroatoms. The lowest BCUT2D eigenvalue weighted by atomic mass is 9.76. The number of allylic oxidation sites excluding steroid dienone is 2. The van der Waals surface area contributed by atoms with Gasteiger partial charge in [-0.1, -0.05) is 44.8 Å². The zero-order valence-electron chi connectivity index (χ0n) is 17.2. The molecule has 0 atom stereocenters. The Morgan fingerprint density at radius 2 is 1.32 bits per heavy atom. The van der Waals surface area contributed by atoms with E-state index in [1.807, 2.05) is 0 Å². The predicted octanol–water partition coefficient (Wildman–Crippen LogP) is 8.32. The number of rotatable bonds is 7. The van der Waals surface area contributed by atoms with Crippen molar-refractivity contribution in [1.82, 2.24) is 0 Å². The van der Waals surface area contributed by atoms with E-state index < -0.39 is 17.5 Å². The molecule has 0 heterocycles. The van der Waals surface area contributed by atoms with Gasteiger partial charge < -0.3 is 0 Å². The first-order chi connectivity index (χ1) is 13.6. The molecule has 0 bridgehead atoms. The standard InChI is InChI=1S/C25H35F3/c1-2-3-4-5-18-6-8-19(9-7-18)10-11-20-12-14-21(15-13-20)22-16-23(26)25(28)24(27)17-22/h10-11,16-21H,2-9,12-15H2,1H3/t18-,19-,20-,21-. The van der Waals surface area contributed by atoms with Crippen LogP contribution in [0.25, 0.3) is 0 Å². The van der Waals surface area contributed by atoms with Crippen molar-refractivity contribution < 1.29 is 13.2 Å². The normalized spacial score (nSPS) is 28.7. The van der Waals surface area contributed by atoms with Gasteiger partial charge >= 0.3 is 0 Å². The molecule has 0 aliphatic heterocycles. The Bertz CT molecular complexity index is 612. The zero-order valence-corrected chi connectivity index (χ0v) is 17.2. The van der Waals surface area contributed by atoms with Crippen molar-refractivity contribution in [3.05, 3.63) is 47.3 Å². The van der Waals surface area contributed by atoms with Crippen LogP contribution in [0.4, 0.5) is 13.2 Å².